The maximum atomic E-state index is 10.4. The van der Waals surface area contributed by atoms with Crippen molar-refractivity contribution in [3.8, 4) is 0 Å². The van der Waals surface area contributed by atoms with Crippen molar-refractivity contribution in [1.82, 2.24) is 0 Å². The Balaban J connectivity index is 0. The monoisotopic (exact) mass is 725 g/mol. The van der Waals surface area contributed by atoms with Gasteiger partial charge < -0.3 is 9.90 Å². The number of unbranched alkanes of at least 4 members (excludes halogenated alkanes) is 45. The second-order valence-corrected chi connectivity index (χ2v) is 17.0. The molecule has 2 nitrogen and oxygen atoms in total. The molecule has 0 aliphatic carbocycles. The van der Waals surface area contributed by atoms with Crippen molar-refractivity contribution in [3.05, 3.63) is 0 Å². The number of carboxylic acid groups (broad SMARTS) is 1. The van der Waals surface area contributed by atoms with Crippen LogP contribution < -0.4 is 24.0 Å². The van der Waals surface area contributed by atoms with Gasteiger partial charge in [0, 0.05) is 5.97 Å². The first-order valence-electron chi connectivity index (χ1n) is 24.5. The van der Waals surface area contributed by atoms with Crippen LogP contribution in [0, 0.1) is 0 Å². The molecule has 0 aromatic carbocycles. The molecule has 0 saturated heterocycles. The summed E-state index contributed by atoms with van der Waals surface area (Å²) in [6.45, 7) is 2.31. The maximum Gasteiger partial charge on any atom is 1.00 e. The van der Waals surface area contributed by atoms with E-state index in [4.69, 9.17) is 0 Å². The smallest absolute Gasteiger partial charge is 0.550 e. The van der Waals surface area contributed by atoms with E-state index < -0.39 is 5.97 Å². The van der Waals surface area contributed by atoms with Crippen molar-refractivity contribution in [2.45, 2.75) is 309 Å². The Hall–Kier alpha value is 0.0674. The molecule has 0 amide bonds. The third kappa shape index (κ3) is 52.2. The number of aliphatic carboxylic acids is 1. The van der Waals surface area contributed by atoms with Gasteiger partial charge in [-0.15, -0.1) is 0 Å². The molecule has 0 bridgehead atoms. The first-order chi connectivity index (χ1) is 25.3. The summed E-state index contributed by atoms with van der Waals surface area (Å²) in [7, 11) is 0. The fourth-order valence-electron chi connectivity index (χ4n) is 8.12. The second kappa shape index (κ2) is 51.1. The fraction of sp³-hybridized carbons (Fsp3) is 0.980. The van der Waals surface area contributed by atoms with Crippen LogP contribution in [0.5, 0.6) is 0 Å². The summed E-state index contributed by atoms with van der Waals surface area (Å²) in [6.07, 6.45) is 66.0. The average Bonchev–Trinajstić information content (AvgIpc) is 3.13. The molecule has 0 fully saturated rings. The number of carboxylic acids is 1. The topological polar surface area (TPSA) is 40.1 Å². The Kier molecular flexibility index (Phi) is 53.2. The minimum absolute atomic E-state index is 0. The van der Waals surface area contributed by atoms with Crippen LogP contribution in [0.15, 0.2) is 0 Å². The van der Waals surface area contributed by atoms with Gasteiger partial charge in [-0.05, 0) is 12.8 Å². The molecule has 52 heavy (non-hydrogen) atoms. The zero-order chi connectivity index (χ0) is 36.8. The van der Waals surface area contributed by atoms with E-state index in [1.807, 2.05) is 0 Å². The van der Waals surface area contributed by atoms with Crippen molar-refractivity contribution in [2.75, 3.05) is 0 Å². The molecule has 0 aliphatic rings. The first kappa shape index (κ1) is 54.2. The molecule has 0 saturated carbocycles. The van der Waals surface area contributed by atoms with Crippen LogP contribution in [-0.4, -0.2) is 5.97 Å². The molecular formula is C49H97LiO2. The van der Waals surface area contributed by atoms with Gasteiger partial charge in [-0.1, -0.05) is 296 Å². The predicted octanol–water partition coefficient (Wildman–Crippen LogP) is 14.1. The Morgan fingerprint density at radius 3 is 0.481 bits per heavy atom. The van der Waals surface area contributed by atoms with E-state index in [0.717, 1.165) is 12.8 Å². The summed E-state index contributed by atoms with van der Waals surface area (Å²) in [5, 5.41) is 10.4. The van der Waals surface area contributed by atoms with Gasteiger partial charge in [-0.25, -0.2) is 0 Å². The van der Waals surface area contributed by atoms with E-state index in [1.165, 1.54) is 283 Å². The maximum absolute atomic E-state index is 10.4. The first-order valence-corrected chi connectivity index (χ1v) is 24.5. The third-order valence-corrected chi connectivity index (χ3v) is 11.7. The van der Waals surface area contributed by atoms with Crippen molar-refractivity contribution in [3.63, 3.8) is 0 Å². The molecule has 0 heterocycles. The molecule has 0 N–H and O–H groups in total. The van der Waals surface area contributed by atoms with Crippen LogP contribution in [0.3, 0.4) is 0 Å². The van der Waals surface area contributed by atoms with Crippen molar-refractivity contribution in [1.29, 1.82) is 0 Å². The van der Waals surface area contributed by atoms with Gasteiger partial charge in [0.05, 0.1) is 0 Å². The van der Waals surface area contributed by atoms with E-state index in [0.29, 0.717) is 0 Å². The van der Waals surface area contributed by atoms with E-state index >= 15 is 0 Å². The molecule has 0 aliphatic heterocycles. The molecule has 0 aromatic rings. The Labute approximate surface area is 342 Å². The molecule has 0 radical (unpaired) electrons. The quantitative estimate of drug-likeness (QED) is 0.0463. The van der Waals surface area contributed by atoms with Crippen LogP contribution >= 0.6 is 0 Å². The third-order valence-electron chi connectivity index (χ3n) is 11.7. The van der Waals surface area contributed by atoms with Gasteiger partial charge in [0.1, 0.15) is 0 Å². The van der Waals surface area contributed by atoms with Crippen molar-refractivity contribution in [2.24, 2.45) is 0 Å². The van der Waals surface area contributed by atoms with Crippen molar-refractivity contribution < 1.29 is 28.8 Å². The molecule has 0 rings (SSSR count). The summed E-state index contributed by atoms with van der Waals surface area (Å²) in [6, 6.07) is 0. The minimum Gasteiger partial charge on any atom is -0.550 e. The zero-order valence-corrected chi connectivity index (χ0v) is 36.6. The fourth-order valence-corrected chi connectivity index (χ4v) is 8.12. The minimum atomic E-state index is -0.896. The van der Waals surface area contributed by atoms with Gasteiger partial charge in [-0.2, -0.15) is 0 Å². The average molecular weight is 725 g/mol. The molecule has 0 spiro atoms. The van der Waals surface area contributed by atoms with Gasteiger partial charge in [0.2, 0.25) is 0 Å². The number of hydrogen-bond acceptors (Lipinski definition) is 2. The van der Waals surface area contributed by atoms with E-state index in [2.05, 4.69) is 6.92 Å². The Bertz CT molecular complexity index is 622. The van der Waals surface area contributed by atoms with Crippen LogP contribution in [0.1, 0.15) is 309 Å². The van der Waals surface area contributed by atoms with Gasteiger partial charge in [-0.3, -0.25) is 0 Å². The van der Waals surface area contributed by atoms with Crippen LogP contribution in [-0.2, 0) is 4.79 Å². The van der Waals surface area contributed by atoms with E-state index in [-0.39, 0.29) is 25.3 Å². The number of carbonyl (C=O) groups is 1. The molecule has 0 aromatic heterocycles. The molecule has 0 atom stereocenters. The van der Waals surface area contributed by atoms with Gasteiger partial charge in [0.25, 0.3) is 0 Å². The number of rotatable bonds is 47. The van der Waals surface area contributed by atoms with E-state index in [1.54, 1.807) is 0 Å². The zero-order valence-electron chi connectivity index (χ0n) is 36.6. The Morgan fingerprint density at radius 2 is 0.365 bits per heavy atom. The summed E-state index contributed by atoms with van der Waals surface area (Å²) >= 11 is 0. The van der Waals surface area contributed by atoms with Crippen molar-refractivity contribution >= 4 is 5.97 Å². The molecule has 306 valence electrons. The van der Waals surface area contributed by atoms with Crippen LogP contribution in [0.25, 0.3) is 0 Å². The Morgan fingerprint density at radius 1 is 0.250 bits per heavy atom. The SMILES string of the molecule is CCCCCCCCCCCCCCCCCCCCCCCCCCCCCCCCCCCCCCCCCCCCCCCCC(=O)[O-].[Li+]. The number of carbonyl (C=O) groups excluding carboxylic acids is 1. The summed E-state index contributed by atoms with van der Waals surface area (Å²) in [4.78, 5) is 10.4. The normalized spacial score (nSPS) is 11.3. The summed E-state index contributed by atoms with van der Waals surface area (Å²) < 4.78 is 0. The molecule has 0 unspecified atom stereocenters. The summed E-state index contributed by atoms with van der Waals surface area (Å²) in [5.74, 6) is -0.896. The second-order valence-electron chi connectivity index (χ2n) is 17.0. The van der Waals surface area contributed by atoms with Crippen LogP contribution in [0.4, 0.5) is 0 Å². The van der Waals surface area contributed by atoms with Gasteiger partial charge >= 0.3 is 18.9 Å². The largest absolute Gasteiger partial charge is 1.00 e. The van der Waals surface area contributed by atoms with Crippen LogP contribution in [0.2, 0.25) is 0 Å². The molecular weight excluding hydrogens is 627 g/mol. The van der Waals surface area contributed by atoms with Gasteiger partial charge in [0.15, 0.2) is 0 Å². The predicted molar refractivity (Wildman–Crippen MR) is 228 cm³/mol. The van der Waals surface area contributed by atoms with E-state index in [9.17, 15) is 9.90 Å². The molecule has 3 heteroatoms. The standard InChI is InChI=1S/C49H98O2.Li/c1-2-3-4-5-6-7-8-9-10-11-12-13-14-15-16-17-18-19-20-21-22-23-24-25-26-27-28-29-30-31-32-33-34-35-36-37-38-39-40-41-42-43-44-45-46-47-48-49(50)51;/h2-48H2,1H3,(H,50,51);/q;+1/p-1. The summed E-state index contributed by atoms with van der Waals surface area (Å²) in [5.41, 5.74) is 0. The number of hydrogen-bond donors (Lipinski definition) is 0.